The van der Waals surface area contributed by atoms with Crippen molar-refractivity contribution < 1.29 is 33.3 Å². The molecule has 0 saturated heterocycles. The summed E-state index contributed by atoms with van der Waals surface area (Å²) < 4.78 is 22.2. The predicted molar refractivity (Wildman–Crippen MR) is 145 cm³/mol. The van der Waals surface area contributed by atoms with Crippen LogP contribution >= 0.6 is 0 Å². The van der Waals surface area contributed by atoms with Crippen LogP contribution in [0.3, 0.4) is 0 Å². The molecule has 10 nitrogen and oxygen atoms in total. The highest BCUT2D eigenvalue weighted by Gasteiger charge is 2.19. The van der Waals surface area contributed by atoms with Gasteiger partial charge in [0.2, 0.25) is 11.7 Å². The summed E-state index contributed by atoms with van der Waals surface area (Å²) >= 11 is 0. The number of rotatable bonds is 13. The summed E-state index contributed by atoms with van der Waals surface area (Å²) in [5, 5.41) is 8.23. The van der Waals surface area contributed by atoms with E-state index in [1.165, 1.54) is 0 Å². The first-order valence-electron chi connectivity index (χ1n) is 12.8. The summed E-state index contributed by atoms with van der Waals surface area (Å²) in [5.41, 5.74) is 1.12. The molecule has 0 aliphatic carbocycles. The van der Waals surface area contributed by atoms with Crippen LogP contribution in [0.5, 0.6) is 17.2 Å². The molecular weight excluding hydrogens is 490 g/mol. The fourth-order valence-electron chi connectivity index (χ4n) is 3.36. The fourth-order valence-corrected chi connectivity index (χ4v) is 3.36. The van der Waals surface area contributed by atoms with Gasteiger partial charge in [-0.25, -0.2) is 4.79 Å². The number of nitrogens with one attached hydrogen (secondary N) is 3. The van der Waals surface area contributed by atoms with Crippen LogP contribution in [0, 0.1) is 0 Å². The molecule has 0 aliphatic heterocycles. The van der Waals surface area contributed by atoms with E-state index in [-0.39, 0.29) is 31.3 Å². The molecule has 38 heavy (non-hydrogen) atoms. The van der Waals surface area contributed by atoms with Gasteiger partial charge in [0.15, 0.2) is 11.5 Å². The zero-order valence-electron chi connectivity index (χ0n) is 23.1. The van der Waals surface area contributed by atoms with Crippen LogP contribution in [0.15, 0.2) is 36.4 Å². The van der Waals surface area contributed by atoms with Crippen molar-refractivity contribution in [3.05, 3.63) is 47.5 Å². The summed E-state index contributed by atoms with van der Waals surface area (Å²) in [6.45, 7) is 12.5. The average molecular weight is 530 g/mol. The number of amides is 3. The number of benzene rings is 2. The van der Waals surface area contributed by atoms with E-state index in [1.54, 1.807) is 51.1 Å². The molecule has 0 radical (unpaired) electrons. The molecule has 2 aromatic rings. The third kappa shape index (κ3) is 10.2. The first-order valence-corrected chi connectivity index (χ1v) is 12.8. The SMILES string of the molecule is CCOc1cc(C(=O)Nc2cccc(CNC(=O)CCNC(=O)OC(C)(C)C)c2)cc(OCC)c1OCC. The minimum atomic E-state index is -0.600. The number of alkyl carbamates (subject to hydrolysis) is 1. The molecule has 0 fully saturated rings. The number of carbonyl (C=O) groups excluding carboxylic acids is 3. The van der Waals surface area contributed by atoms with E-state index < -0.39 is 11.7 Å². The monoisotopic (exact) mass is 529 g/mol. The molecule has 3 N–H and O–H groups in total. The Hall–Kier alpha value is -3.95. The van der Waals surface area contributed by atoms with Crippen molar-refractivity contribution in [1.29, 1.82) is 0 Å². The summed E-state index contributed by atoms with van der Waals surface area (Å²) in [6, 6.07) is 10.4. The Morgan fingerprint density at radius 1 is 0.842 bits per heavy atom. The van der Waals surface area contributed by atoms with Gasteiger partial charge in [0.05, 0.1) is 19.8 Å². The summed E-state index contributed by atoms with van der Waals surface area (Å²) in [5.74, 6) is 0.763. The number of carbonyl (C=O) groups is 3. The maximum absolute atomic E-state index is 13.1. The van der Waals surface area contributed by atoms with Gasteiger partial charge < -0.3 is 34.9 Å². The lowest BCUT2D eigenvalue weighted by atomic mass is 10.1. The van der Waals surface area contributed by atoms with Gasteiger partial charge in [-0.2, -0.15) is 0 Å². The van der Waals surface area contributed by atoms with Gasteiger partial charge >= 0.3 is 6.09 Å². The van der Waals surface area contributed by atoms with E-state index >= 15 is 0 Å². The molecule has 3 amide bonds. The van der Waals surface area contributed by atoms with E-state index in [1.807, 2.05) is 26.8 Å². The van der Waals surface area contributed by atoms with Crippen molar-refractivity contribution >= 4 is 23.6 Å². The van der Waals surface area contributed by atoms with Gasteiger partial charge in [0, 0.05) is 30.8 Å². The number of anilines is 1. The fraction of sp³-hybridized carbons (Fsp3) is 0.464. The second-order valence-electron chi connectivity index (χ2n) is 9.21. The quantitative estimate of drug-likeness (QED) is 0.345. The number of hydrogen-bond acceptors (Lipinski definition) is 7. The zero-order chi connectivity index (χ0) is 28.1. The normalized spacial score (nSPS) is 10.8. The molecule has 208 valence electrons. The third-order valence-corrected chi connectivity index (χ3v) is 4.87. The largest absolute Gasteiger partial charge is 0.490 e. The van der Waals surface area contributed by atoms with Gasteiger partial charge in [0.25, 0.3) is 5.91 Å². The Morgan fingerprint density at radius 3 is 2.05 bits per heavy atom. The number of hydrogen-bond donors (Lipinski definition) is 3. The smallest absolute Gasteiger partial charge is 0.407 e. The lowest BCUT2D eigenvalue weighted by Gasteiger charge is -2.19. The molecule has 10 heteroatoms. The molecule has 0 aliphatic rings. The molecule has 2 rings (SSSR count). The zero-order valence-corrected chi connectivity index (χ0v) is 23.1. The van der Waals surface area contributed by atoms with Crippen LogP contribution in [-0.4, -0.2) is 49.9 Å². The third-order valence-electron chi connectivity index (χ3n) is 4.87. The van der Waals surface area contributed by atoms with E-state index in [2.05, 4.69) is 16.0 Å². The van der Waals surface area contributed by atoms with E-state index in [4.69, 9.17) is 18.9 Å². The average Bonchev–Trinajstić information content (AvgIpc) is 2.84. The minimum absolute atomic E-state index is 0.109. The molecule has 0 bridgehead atoms. The van der Waals surface area contributed by atoms with Crippen molar-refractivity contribution in [3.63, 3.8) is 0 Å². The Morgan fingerprint density at radius 2 is 1.47 bits per heavy atom. The topological polar surface area (TPSA) is 124 Å². The van der Waals surface area contributed by atoms with Crippen LogP contribution in [0.4, 0.5) is 10.5 Å². The van der Waals surface area contributed by atoms with Crippen molar-refractivity contribution in [2.24, 2.45) is 0 Å². The summed E-state index contributed by atoms with van der Waals surface area (Å²) in [6.07, 6.45) is -0.458. The minimum Gasteiger partial charge on any atom is -0.490 e. The van der Waals surface area contributed by atoms with Crippen LogP contribution < -0.4 is 30.2 Å². The Bertz CT molecular complexity index is 1070. The van der Waals surface area contributed by atoms with Gasteiger partial charge in [0.1, 0.15) is 5.60 Å². The van der Waals surface area contributed by atoms with Crippen LogP contribution in [-0.2, 0) is 16.1 Å². The molecule has 0 spiro atoms. The van der Waals surface area contributed by atoms with Gasteiger partial charge in [-0.1, -0.05) is 12.1 Å². The van der Waals surface area contributed by atoms with E-state index in [9.17, 15) is 14.4 Å². The van der Waals surface area contributed by atoms with Gasteiger partial charge in [-0.15, -0.1) is 0 Å². The second-order valence-corrected chi connectivity index (χ2v) is 9.21. The molecule has 2 aromatic carbocycles. The highest BCUT2D eigenvalue weighted by molar-refractivity contribution is 6.05. The van der Waals surface area contributed by atoms with Crippen LogP contribution in [0.25, 0.3) is 0 Å². The van der Waals surface area contributed by atoms with E-state index in [0.717, 1.165) is 5.56 Å². The molecule has 0 unspecified atom stereocenters. The van der Waals surface area contributed by atoms with Crippen molar-refractivity contribution in [3.8, 4) is 17.2 Å². The van der Waals surface area contributed by atoms with Crippen molar-refractivity contribution in [1.82, 2.24) is 10.6 Å². The maximum atomic E-state index is 13.1. The lowest BCUT2D eigenvalue weighted by molar-refractivity contribution is -0.121. The second kappa shape index (κ2) is 14.7. The van der Waals surface area contributed by atoms with Crippen molar-refractivity contribution in [2.45, 2.75) is 60.1 Å². The number of ether oxygens (including phenoxy) is 4. The van der Waals surface area contributed by atoms with Crippen LogP contribution in [0.2, 0.25) is 0 Å². The lowest BCUT2D eigenvalue weighted by Crippen LogP contribution is -2.35. The summed E-state index contributed by atoms with van der Waals surface area (Å²) in [7, 11) is 0. The Labute approximate surface area is 224 Å². The standard InChI is InChI=1S/C28H39N3O7/c1-7-35-22-16-20(17-23(36-8-2)25(22)37-9-3)26(33)31-21-12-10-11-19(15-21)18-30-24(32)13-14-29-27(34)38-28(4,5)6/h10-12,15-17H,7-9,13-14,18H2,1-6H3,(H,29,34)(H,30,32)(H,31,33). The van der Waals surface area contributed by atoms with Crippen LogP contribution in [0.1, 0.15) is 63.9 Å². The van der Waals surface area contributed by atoms with Gasteiger partial charge in [-0.3, -0.25) is 9.59 Å². The van der Waals surface area contributed by atoms with E-state index in [0.29, 0.717) is 48.3 Å². The molecule has 0 heterocycles. The maximum Gasteiger partial charge on any atom is 0.407 e. The highest BCUT2D eigenvalue weighted by atomic mass is 16.6. The highest BCUT2D eigenvalue weighted by Crippen LogP contribution is 2.39. The Kier molecular flexibility index (Phi) is 11.7. The first kappa shape index (κ1) is 30.3. The molecular formula is C28H39N3O7. The Balaban J connectivity index is 1.99. The molecule has 0 saturated carbocycles. The molecule has 0 atom stereocenters. The molecule has 0 aromatic heterocycles. The summed E-state index contributed by atoms with van der Waals surface area (Å²) in [4.78, 5) is 36.9. The van der Waals surface area contributed by atoms with Crippen molar-refractivity contribution in [2.75, 3.05) is 31.7 Å². The van der Waals surface area contributed by atoms with Gasteiger partial charge in [-0.05, 0) is 71.4 Å². The first-order chi connectivity index (χ1) is 18.1. The predicted octanol–water partition coefficient (Wildman–Crippen LogP) is 4.67.